The molecule has 0 aromatic carbocycles. The SMILES string of the molecule is CCCCCCCCOC(=O)/C=C\C(=O)OCCCCCCCC.CCCCOC(=O)/C=C\C(=O)OCCCC. The molecule has 0 radical (unpaired) electrons. The second-order valence-corrected chi connectivity index (χ2v) is 9.58. The third-order valence-electron chi connectivity index (χ3n) is 5.68. The summed E-state index contributed by atoms with van der Waals surface area (Å²) >= 11 is 0. The van der Waals surface area contributed by atoms with Crippen LogP contribution < -0.4 is 0 Å². The number of rotatable bonds is 24. The van der Waals surface area contributed by atoms with Crippen LogP contribution >= 0.6 is 0 Å². The van der Waals surface area contributed by atoms with E-state index in [2.05, 4.69) is 13.8 Å². The van der Waals surface area contributed by atoms with E-state index in [1.807, 2.05) is 13.8 Å². The van der Waals surface area contributed by atoms with Gasteiger partial charge in [-0.05, 0) is 25.7 Å². The van der Waals surface area contributed by atoms with Gasteiger partial charge >= 0.3 is 23.9 Å². The highest BCUT2D eigenvalue weighted by atomic mass is 16.5. The van der Waals surface area contributed by atoms with E-state index in [1.54, 1.807) is 0 Å². The van der Waals surface area contributed by atoms with E-state index in [9.17, 15) is 19.2 Å². The Morgan fingerprint density at radius 1 is 0.350 bits per heavy atom. The van der Waals surface area contributed by atoms with Crippen molar-refractivity contribution in [3.63, 3.8) is 0 Å². The largest absolute Gasteiger partial charge is 0.463 e. The van der Waals surface area contributed by atoms with Crippen LogP contribution in [0.3, 0.4) is 0 Å². The maximum atomic E-state index is 11.4. The smallest absolute Gasteiger partial charge is 0.331 e. The van der Waals surface area contributed by atoms with E-state index >= 15 is 0 Å². The summed E-state index contributed by atoms with van der Waals surface area (Å²) in [6, 6.07) is 0. The highest BCUT2D eigenvalue weighted by Crippen LogP contribution is 2.06. The minimum Gasteiger partial charge on any atom is -0.463 e. The molecule has 0 saturated carbocycles. The second kappa shape index (κ2) is 32.6. The van der Waals surface area contributed by atoms with Gasteiger partial charge in [-0.3, -0.25) is 0 Å². The van der Waals surface area contributed by atoms with E-state index in [1.165, 1.54) is 51.4 Å². The van der Waals surface area contributed by atoms with Crippen LogP contribution in [0.25, 0.3) is 0 Å². The van der Waals surface area contributed by atoms with Crippen molar-refractivity contribution < 1.29 is 38.1 Å². The lowest BCUT2D eigenvalue weighted by atomic mass is 10.1. The second-order valence-electron chi connectivity index (χ2n) is 9.58. The normalized spacial score (nSPS) is 10.7. The van der Waals surface area contributed by atoms with E-state index in [0.29, 0.717) is 26.4 Å². The maximum absolute atomic E-state index is 11.4. The van der Waals surface area contributed by atoms with Gasteiger partial charge < -0.3 is 18.9 Å². The first kappa shape index (κ1) is 39.5. The number of unbranched alkanes of at least 4 members (excludes halogenated alkanes) is 12. The Morgan fingerprint density at radius 3 is 0.850 bits per heavy atom. The topological polar surface area (TPSA) is 105 Å². The Hall–Kier alpha value is -2.64. The van der Waals surface area contributed by atoms with Crippen molar-refractivity contribution in [2.24, 2.45) is 0 Å². The van der Waals surface area contributed by atoms with Crippen LogP contribution in [0.4, 0.5) is 0 Å². The van der Waals surface area contributed by atoms with Crippen molar-refractivity contribution in [2.75, 3.05) is 26.4 Å². The van der Waals surface area contributed by atoms with Gasteiger partial charge in [0, 0.05) is 24.3 Å². The average Bonchev–Trinajstić information content (AvgIpc) is 2.94. The lowest BCUT2D eigenvalue weighted by molar-refractivity contribution is -0.140. The predicted molar refractivity (Wildman–Crippen MR) is 159 cm³/mol. The molecule has 0 unspecified atom stereocenters. The summed E-state index contributed by atoms with van der Waals surface area (Å²) in [5.41, 5.74) is 0. The first-order valence-corrected chi connectivity index (χ1v) is 15.4. The third kappa shape index (κ3) is 33.4. The monoisotopic (exact) mass is 568 g/mol. The molecular weight excluding hydrogens is 512 g/mol. The van der Waals surface area contributed by atoms with Crippen LogP contribution in [0.2, 0.25) is 0 Å². The van der Waals surface area contributed by atoms with Crippen molar-refractivity contribution in [3.8, 4) is 0 Å². The van der Waals surface area contributed by atoms with Gasteiger partial charge in [0.1, 0.15) is 0 Å². The Bertz CT molecular complexity index is 628. The first-order valence-electron chi connectivity index (χ1n) is 15.4. The minimum atomic E-state index is -0.499. The molecule has 0 fully saturated rings. The zero-order valence-electron chi connectivity index (χ0n) is 25.7. The van der Waals surface area contributed by atoms with E-state index in [0.717, 1.165) is 75.7 Å². The molecule has 0 spiro atoms. The number of hydrogen-bond donors (Lipinski definition) is 0. The van der Waals surface area contributed by atoms with Gasteiger partial charge in [-0.15, -0.1) is 0 Å². The summed E-state index contributed by atoms with van der Waals surface area (Å²) in [5, 5.41) is 0. The molecule has 8 nitrogen and oxygen atoms in total. The molecule has 40 heavy (non-hydrogen) atoms. The highest BCUT2D eigenvalue weighted by molar-refractivity contribution is 5.92. The van der Waals surface area contributed by atoms with Crippen molar-refractivity contribution >= 4 is 23.9 Å². The quantitative estimate of drug-likeness (QED) is 0.0508. The molecule has 232 valence electrons. The molecule has 0 amide bonds. The van der Waals surface area contributed by atoms with Gasteiger partial charge in [-0.25, -0.2) is 19.2 Å². The van der Waals surface area contributed by atoms with E-state index in [-0.39, 0.29) is 0 Å². The van der Waals surface area contributed by atoms with Gasteiger partial charge in [0.15, 0.2) is 0 Å². The number of hydrogen-bond acceptors (Lipinski definition) is 8. The first-order chi connectivity index (χ1) is 19.4. The van der Waals surface area contributed by atoms with Crippen molar-refractivity contribution in [1.29, 1.82) is 0 Å². The lowest BCUT2D eigenvalue weighted by Crippen LogP contribution is -2.06. The van der Waals surface area contributed by atoms with Crippen LogP contribution in [0.15, 0.2) is 24.3 Å². The molecule has 0 atom stereocenters. The summed E-state index contributed by atoms with van der Waals surface area (Å²) < 4.78 is 19.7. The third-order valence-corrected chi connectivity index (χ3v) is 5.68. The van der Waals surface area contributed by atoms with Gasteiger partial charge in [-0.2, -0.15) is 0 Å². The molecule has 0 saturated heterocycles. The summed E-state index contributed by atoms with van der Waals surface area (Å²) in [6.07, 6.45) is 21.9. The Balaban J connectivity index is 0. The summed E-state index contributed by atoms with van der Waals surface area (Å²) in [4.78, 5) is 45.0. The van der Waals surface area contributed by atoms with Crippen LogP contribution in [0.1, 0.15) is 130 Å². The fourth-order valence-electron chi connectivity index (χ4n) is 3.21. The maximum Gasteiger partial charge on any atom is 0.331 e. The van der Waals surface area contributed by atoms with Crippen LogP contribution in [0.5, 0.6) is 0 Å². The van der Waals surface area contributed by atoms with Gasteiger partial charge in [-0.1, -0.05) is 105 Å². The molecule has 0 aliphatic rings. The van der Waals surface area contributed by atoms with Crippen LogP contribution in [-0.4, -0.2) is 50.3 Å². The van der Waals surface area contributed by atoms with Crippen LogP contribution in [-0.2, 0) is 38.1 Å². The number of esters is 4. The van der Waals surface area contributed by atoms with E-state index in [4.69, 9.17) is 18.9 Å². The molecule has 0 aliphatic carbocycles. The lowest BCUT2D eigenvalue weighted by Gasteiger charge is -2.03. The molecule has 0 rings (SSSR count). The summed E-state index contributed by atoms with van der Waals surface area (Å²) in [7, 11) is 0. The van der Waals surface area contributed by atoms with E-state index < -0.39 is 23.9 Å². The molecule has 8 heteroatoms. The average molecular weight is 569 g/mol. The fourth-order valence-corrected chi connectivity index (χ4v) is 3.21. The Labute approximate surface area is 243 Å². The van der Waals surface area contributed by atoms with Gasteiger partial charge in [0.2, 0.25) is 0 Å². The molecule has 0 aromatic rings. The molecule has 0 heterocycles. The highest BCUT2D eigenvalue weighted by Gasteiger charge is 2.02. The molecule has 0 aliphatic heterocycles. The minimum absolute atomic E-state index is 0.393. The molecule has 0 N–H and O–H groups in total. The predicted octanol–water partition coefficient (Wildman–Crippen LogP) is 7.58. The standard InChI is InChI=1S/C20H36O4.C12H20O4/c1-3-5-7-9-11-13-17-23-19(21)15-16-20(22)24-18-14-12-10-8-6-4-2;1-3-5-9-15-11(13)7-8-12(14)16-10-6-4-2/h15-16H,3-14,17-18H2,1-2H3;7-8H,3-6,9-10H2,1-2H3/b16-15-;8-7-. The van der Waals surface area contributed by atoms with Gasteiger partial charge in [0.05, 0.1) is 26.4 Å². The number of carbonyl (C=O) groups is 4. The summed E-state index contributed by atoms with van der Waals surface area (Å²) in [6.45, 7) is 10.0. The number of carbonyl (C=O) groups excluding carboxylic acids is 4. The zero-order valence-corrected chi connectivity index (χ0v) is 25.7. The molecule has 0 aromatic heterocycles. The van der Waals surface area contributed by atoms with Crippen molar-refractivity contribution in [3.05, 3.63) is 24.3 Å². The van der Waals surface area contributed by atoms with Crippen molar-refractivity contribution in [2.45, 2.75) is 130 Å². The Morgan fingerprint density at radius 2 is 0.575 bits per heavy atom. The molecular formula is C32H56O8. The Kier molecular flexibility index (Phi) is 32.2. The fraction of sp³-hybridized carbons (Fsp3) is 0.750. The van der Waals surface area contributed by atoms with Crippen molar-refractivity contribution in [1.82, 2.24) is 0 Å². The van der Waals surface area contributed by atoms with Gasteiger partial charge in [0.25, 0.3) is 0 Å². The molecule has 0 bridgehead atoms. The zero-order chi connectivity index (χ0) is 30.1. The number of ether oxygens (including phenoxy) is 4. The summed E-state index contributed by atoms with van der Waals surface area (Å²) in [5.74, 6) is -1.94. The van der Waals surface area contributed by atoms with Crippen LogP contribution in [0, 0.1) is 0 Å².